The first-order chi connectivity index (χ1) is 5.29. The van der Waals surface area contributed by atoms with Crippen LogP contribution in [0.4, 0.5) is 0 Å². The lowest BCUT2D eigenvalue weighted by molar-refractivity contribution is 0.0994. The first kappa shape index (κ1) is 6.80. The van der Waals surface area contributed by atoms with Crippen LogP contribution in [0.2, 0.25) is 5.02 Å². The van der Waals surface area contributed by atoms with E-state index >= 15 is 0 Å². The smallest absolute Gasteiger partial charge is 0.165 e. The highest BCUT2D eigenvalue weighted by Crippen LogP contribution is 2.26. The number of nitrogens with zero attached hydrogens (tertiary/aromatic N) is 1. The highest BCUT2D eigenvalue weighted by molar-refractivity contribution is 6.34. The predicted octanol–water partition coefficient (Wildman–Crippen LogP) is 1.86. The molecule has 1 aliphatic rings. The average Bonchev–Trinajstić information content (AvgIpc) is 2.34. The van der Waals surface area contributed by atoms with E-state index in [9.17, 15) is 4.79 Å². The highest BCUT2D eigenvalue weighted by Gasteiger charge is 2.21. The number of carbonyl (C=O) groups excluding carboxylic acids is 1. The van der Waals surface area contributed by atoms with Gasteiger partial charge in [0.1, 0.15) is 0 Å². The van der Waals surface area contributed by atoms with Gasteiger partial charge in [0.15, 0.2) is 5.78 Å². The molecule has 1 heterocycles. The second-order valence-corrected chi connectivity index (χ2v) is 2.99. The number of pyridine rings is 1. The number of Topliss-reactive ketones (excluding diaryl/α,β-unsaturated/α-hetero) is 1. The lowest BCUT2D eigenvalue weighted by atomic mass is 10.2. The third-order valence-corrected chi connectivity index (χ3v) is 2.17. The fraction of sp³-hybridized carbons (Fsp3) is 0.250. The molecule has 56 valence electrons. The van der Waals surface area contributed by atoms with E-state index in [4.69, 9.17) is 11.6 Å². The van der Waals surface area contributed by atoms with Gasteiger partial charge in [0.05, 0.1) is 5.02 Å². The van der Waals surface area contributed by atoms with Crippen LogP contribution in [0.3, 0.4) is 0 Å². The Morgan fingerprint density at radius 3 is 2.91 bits per heavy atom. The zero-order chi connectivity index (χ0) is 7.84. The summed E-state index contributed by atoms with van der Waals surface area (Å²) in [5, 5.41) is 0.491. The maximum atomic E-state index is 11.2. The molecule has 0 aromatic carbocycles. The van der Waals surface area contributed by atoms with E-state index in [-0.39, 0.29) is 5.78 Å². The number of hydrogen-bond acceptors (Lipinski definition) is 2. The number of aromatic nitrogens is 1. The Morgan fingerprint density at radius 1 is 1.36 bits per heavy atom. The molecule has 1 aliphatic carbocycles. The summed E-state index contributed by atoms with van der Waals surface area (Å²) < 4.78 is 0. The van der Waals surface area contributed by atoms with Gasteiger partial charge in [-0.2, -0.15) is 0 Å². The van der Waals surface area contributed by atoms with E-state index in [0.29, 0.717) is 17.0 Å². The van der Waals surface area contributed by atoms with Crippen molar-refractivity contribution in [1.29, 1.82) is 0 Å². The van der Waals surface area contributed by atoms with Crippen LogP contribution in [0.25, 0.3) is 0 Å². The van der Waals surface area contributed by atoms with Crippen LogP contribution >= 0.6 is 11.6 Å². The highest BCUT2D eigenvalue weighted by atomic mass is 35.5. The van der Waals surface area contributed by atoms with E-state index in [0.717, 1.165) is 12.0 Å². The molecule has 0 saturated carbocycles. The van der Waals surface area contributed by atoms with Gasteiger partial charge in [-0.1, -0.05) is 11.6 Å². The van der Waals surface area contributed by atoms with E-state index < -0.39 is 0 Å². The molecule has 0 amide bonds. The minimum Gasteiger partial charge on any atom is -0.294 e. The topological polar surface area (TPSA) is 30.0 Å². The van der Waals surface area contributed by atoms with Gasteiger partial charge in [-0.15, -0.1) is 0 Å². The lowest BCUT2D eigenvalue weighted by Crippen LogP contribution is -1.92. The number of carbonyl (C=O) groups is 1. The number of ketones is 1. The van der Waals surface area contributed by atoms with Gasteiger partial charge in [-0.3, -0.25) is 9.78 Å². The van der Waals surface area contributed by atoms with Gasteiger partial charge in [0, 0.05) is 24.4 Å². The molecule has 2 nitrogen and oxygen atoms in total. The fourth-order valence-corrected chi connectivity index (χ4v) is 1.63. The Kier molecular flexibility index (Phi) is 1.43. The van der Waals surface area contributed by atoms with Gasteiger partial charge in [-0.05, 0) is 12.0 Å². The van der Waals surface area contributed by atoms with Gasteiger partial charge < -0.3 is 0 Å². The molecule has 2 rings (SSSR count). The molecule has 0 spiro atoms. The van der Waals surface area contributed by atoms with Gasteiger partial charge in [0.25, 0.3) is 0 Å². The summed E-state index contributed by atoms with van der Waals surface area (Å²) >= 11 is 5.78. The van der Waals surface area contributed by atoms with Crippen molar-refractivity contribution in [2.24, 2.45) is 0 Å². The largest absolute Gasteiger partial charge is 0.294 e. The summed E-state index contributed by atoms with van der Waals surface area (Å²) in [6.07, 6.45) is 4.61. The molecule has 0 radical (unpaired) electrons. The van der Waals surface area contributed by atoms with Crippen LogP contribution in [0.15, 0.2) is 12.4 Å². The van der Waals surface area contributed by atoms with Crippen molar-refractivity contribution in [3.8, 4) is 0 Å². The van der Waals surface area contributed by atoms with Crippen molar-refractivity contribution in [2.45, 2.75) is 12.8 Å². The molecule has 1 aromatic rings. The minimum absolute atomic E-state index is 0.146. The first-order valence-corrected chi connectivity index (χ1v) is 3.82. The second-order valence-electron chi connectivity index (χ2n) is 2.58. The van der Waals surface area contributed by atoms with Gasteiger partial charge >= 0.3 is 0 Å². The molecular weight excluding hydrogens is 162 g/mol. The Labute approximate surface area is 69.2 Å². The molecule has 0 fully saturated rings. The number of aryl methyl sites for hydroxylation is 1. The van der Waals surface area contributed by atoms with Crippen LogP contribution in [0.5, 0.6) is 0 Å². The van der Waals surface area contributed by atoms with Crippen LogP contribution in [0, 0.1) is 0 Å². The zero-order valence-corrected chi connectivity index (χ0v) is 6.56. The van der Waals surface area contributed by atoms with Crippen LogP contribution < -0.4 is 0 Å². The summed E-state index contributed by atoms with van der Waals surface area (Å²) in [5.74, 6) is 0.146. The second kappa shape index (κ2) is 2.31. The molecule has 0 unspecified atom stereocenters. The Bertz CT molecular complexity index is 322. The van der Waals surface area contributed by atoms with Crippen LogP contribution in [-0.4, -0.2) is 10.8 Å². The molecule has 0 saturated heterocycles. The number of fused-ring (bicyclic) bond motifs is 1. The maximum Gasteiger partial charge on any atom is 0.165 e. The minimum atomic E-state index is 0.146. The zero-order valence-electron chi connectivity index (χ0n) is 5.80. The summed E-state index contributed by atoms with van der Waals surface area (Å²) in [7, 11) is 0. The standard InChI is InChI=1S/C8H6ClNO/c9-6-4-10-3-5-1-2-7(11)8(5)6/h3-4H,1-2H2. The Morgan fingerprint density at radius 2 is 2.18 bits per heavy atom. The first-order valence-electron chi connectivity index (χ1n) is 3.44. The molecule has 11 heavy (non-hydrogen) atoms. The molecule has 0 bridgehead atoms. The summed E-state index contributed by atoms with van der Waals surface area (Å²) in [6, 6.07) is 0. The summed E-state index contributed by atoms with van der Waals surface area (Å²) in [5.41, 5.74) is 1.67. The van der Waals surface area contributed by atoms with Crippen molar-refractivity contribution in [2.75, 3.05) is 0 Å². The average molecular weight is 168 g/mol. The molecular formula is C8H6ClNO. The van der Waals surface area contributed by atoms with E-state index in [1.165, 1.54) is 6.20 Å². The van der Waals surface area contributed by atoms with Crippen molar-refractivity contribution >= 4 is 17.4 Å². The number of rotatable bonds is 0. The third-order valence-electron chi connectivity index (χ3n) is 1.88. The summed E-state index contributed by atoms with van der Waals surface area (Å²) in [4.78, 5) is 15.1. The maximum absolute atomic E-state index is 11.2. The molecule has 0 aliphatic heterocycles. The van der Waals surface area contributed by atoms with Crippen molar-refractivity contribution < 1.29 is 4.79 Å². The lowest BCUT2D eigenvalue weighted by Gasteiger charge is -1.96. The Hall–Kier alpha value is -0.890. The van der Waals surface area contributed by atoms with E-state index in [2.05, 4.69) is 4.98 Å². The van der Waals surface area contributed by atoms with Crippen molar-refractivity contribution in [1.82, 2.24) is 4.98 Å². The van der Waals surface area contributed by atoms with Gasteiger partial charge in [-0.25, -0.2) is 0 Å². The molecule has 0 atom stereocenters. The third kappa shape index (κ3) is 0.942. The monoisotopic (exact) mass is 167 g/mol. The van der Waals surface area contributed by atoms with E-state index in [1.807, 2.05) is 0 Å². The SMILES string of the molecule is O=C1CCc2cncc(Cl)c21. The van der Waals surface area contributed by atoms with Crippen LogP contribution in [0.1, 0.15) is 22.3 Å². The van der Waals surface area contributed by atoms with Crippen molar-refractivity contribution in [3.63, 3.8) is 0 Å². The van der Waals surface area contributed by atoms with Crippen LogP contribution in [-0.2, 0) is 6.42 Å². The fourth-order valence-electron chi connectivity index (χ4n) is 1.35. The summed E-state index contributed by atoms with van der Waals surface area (Å²) in [6.45, 7) is 0. The number of halogens is 1. The van der Waals surface area contributed by atoms with E-state index in [1.54, 1.807) is 6.20 Å². The number of hydrogen-bond donors (Lipinski definition) is 0. The van der Waals surface area contributed by atoms with Crippen molar-refractivity contribution in [3.05, 3.63) is 28.5 Å². The predicted molar refractivity (Wildman–Crippen MR) is 41.9 cm³/mol. The Balaban J connectivity index is 2.68. The quantitative estimate of drug-likeness (QED) is 0.591. The van der Waals surface area contributed by atoms with Gasteiger partial charge in [0.2, 0.25) is 0 Å². The molecule has 1 aromatic heterocycles. The molecule has 0 N–H and O–H groups in total. The normalized spacial score (nSPS) is 15.2. The molecule has 3 heteroatoms.